The zero-order chi connectivity index (χ0) is 23.9. The predicted molar refractivity (Wildman–Crippen MR) is 134 cm³/mol. The molecule has 6 nitrogen and oxygen atoms in total. The third-order valence-corrected chi connectivity index (χ3v) is 6.57. The summed E-state index contributed by atoms with van der Waals surface area (Å²) in [5.41, 5.74) is 10.2. The summed E-state index contributed by atoms with van der Waals surface area (Å²) < 4.78 is 0. The number of Topliss-reactive ketones (excluding diaryl/α,β-unsaturated/α-hetero) is 1. The van der Waals surface area contributed by atoms with Crippen molar-refractivity contribution in [2.75, 3.05) is 19.7 Å². The smallest absolute Gasteiger partial charge is 0.204 e. The van der Waals surface area contributed by atoms with Crippen molar-refractivity contribution in [3.8, 4) is 11.8 Å². The number of aliphatic hydroxyl groups is 2. The SMILES string of the molecule is NC[C@@H]1CCCN1Cc1ccc(C#Cc2ccc(C(CO)CC3=C(O)C(=O)CC=N3)cc2)cc1. The topological polar surface area (TPSA) is 99.1 Å². The van der Waals surface area contributed by atoms with Gasteiger partial charge in [-0.25, -0.2) is 0 Å². The fraction of sp³-hybridized carbons (Fsp3) is 0.357. The lowest BCUT2D eigenvalue weighted by Gasteiger charge is -2.23. The summed E-state index contributed by atoms with van der Waals surface area (Å²) in [5, 5.41) is 19.8. The standard InChI is InChI=1S/C28H31N3O3/c29-17-25-2-1-15-31(25)18-22-7-5-20(6-8-22)3-4-21-9-11-23(12-10-21)24(19-32)16-26-28(34)27(33)13-14-30-26/h5-12,14,24-25,32,34H,1-2,13,15-19,29H2/t24?,25-/m0/s1. The minimum absolute atomic E-state index is 0.110. The van der Waals surface area contributed by atoms with Crippen LogP contribution in [0.1, 0.15) is 53.9 Å². The summed E-state index contributed by atoms with van der Waals surface area (Å²) in [6, 6.07) is 16.5. The maximum Gasteiger partial charge on any atom is 0.204 e. The molecule has 2 aliphatic heterocycles. The van der Waals surface area contributed by atoms with Crippen LogP contribution in [0.3, 0.4) is 0 Å². The average molecular weight is 458 g/mol. The average Bonchev–Trinajstić information content (AvgIpc) is 3.32. The number of hydrogen-bond acceptors (Lipinski definition) is 6. The first-order valence-electron chi connectivity index (χ1n) is 11.8. The van der Waals surface area contributed by atoms with E-state index in [2.05, 4.69) is 46.0 Å². The van der Waals surface area contributed by atoms with Gasteiger partial charge >= 0.3 is 0 Å². The molecule has 0 aliphatic carbocycles. The highest BCUT2D eigenvalue weighted by Gasteiger charge is 2.23. The number of rotatable bonds is 7. The molecule has 0 amide bonds. The molecule has 0 aromatic heterocycles. The first-order valence-corrected chi connectivity index (χ1v) is 11.8. The molecule has 0 radical (unpaired) electrons. The van der Waals surface area contributed by atoms with E-state index in [1.807, 2.05) is 24.3 Å². The summed E-state index contributed by atoms with van der Waals surface area (Å²) >= 11 is 0. The second kappa shape index (κ2) is 11.3. The highest BCUT2D eigenvalue weighted by atomic mass is 16.3. The van der Waals surface area contributed by atoms with Crippen LogP contribution in [0.15, 0.2) is 65.0 Å². The van der Waals surface area contributed by atoms with Crippen LogP contribution in [0.25, 0.3) is 0 Å². The summed E-state index contributed by atoms with van der Waals surface area (Å²) in [5.74, 6) is 5.51. The van der Waals surface area contributed by atoms with Gasteiger partial charge in [0.25, 0.3) is 0 Å². The van der Waals surface area contributed by atoms with Gasteiger partial charge in [0, 0.05) is 55.2 Å². The molecule has 2 aromatic carbocycles. The van der Waals surface area contributed by atoms with Crippen LogP contribution in [0.4, 0.5) is 0 Å². The Morgan fingerprint density at radius 1 is 1.09 bits per heavy atom. The molecule has 2 heterocycles. The fourth-order valence-electron chi connectivity index (χ4n) is 4.51. The number of ketones is 1. The van der Waals surface area contributed by atoms with Gasteiger partial charge in [-0.1, -0.05) is 36.1 Å². The Labute approximate surface area is 200 Å². The number of hydrogen-bond donors (Lipinski definition) is 3. The van der Waals surface area contributed by atoms with E-state index in [9.17, 15) is 15.0 Å². The molecule has 4 rings (SSSR count). The molecule has 34 heavy (non-hydrogen) atoms. The predicted octanol–water partition coefficient (Wildman–Crippen LogP) is 3.29. The number of nitrogens with zero attached hydrogens (tertiary/aromatic N) is 2. The van der Waals surface area contributed by atoms with Crippen molar-refractivity contribution in [3.63, 3.8) is 0 Å². The lowest BCUT2D eigenvalue weighted by molar-refractivity contribution is -0.117. The maximum atomic E-state index is 11.7. The monoisotopic (exact) mass is 457 g/mol. The number of nitrogens with two attached hydrogens (primary N) is 1. The third kappa shape index (κ3) is 5.81. The Morgan fingerprint density at radius 2 is 1.76 bits per heavy atom. The zero-order valence-electron chi connectivity index (χ0n) is 19.3. The number of allylic oxidation sites excluding steroid dienone is 2. The minimum atomic E-state index is -0.337. The van der Waals surface area contributed by atoms with Gasteiger partial charge in [-0.3, -0.25) is 14.7 Å². The zero-order valence-corrected chi connectivity index (χ0v) is 19.3. The van der Waals surface area contributed by atoms with Gasteiger partial charge in [0.15, 0.2) is 5.76 Å². The number of likely N-dealkylation sites (tertiary alicyclic amines) is 1. The molecule has 2 aromatic rings. The lowest BCUT2D eigenvalue weighted by atomic mass is 9.93. The van der Waals surface area contributed by atoms with Crippen LogP contribution in [0.5, 0.6) is 0 Å². The van der Waals surface area contributed by atoms with Gasteiger partial charge in [0.1, 0.15) is 0 Å². The summed E-state index contributed by atoms with van der Waals surface area (Å²) in [7, 11) is 0. The molecular formula is C28H31N3O3. The number of benzene rings is 2. The van der Waals surface area contributed by atoms with Crippen molar-refractivity contribution < 1.29 is 15.0 Å². The van der Waals surface area contributed by atoms with Crippen molar-refractivity contribution in [1.82, 2.24) is 4.90 Å². The van der Waals surface area contributed by atoms with E-state index in [-0.39, 0.29) is 30.5 Å². The minimum Gasteiger partial charge on any atom is -0.503 e. The highest BCUT2D eigenvalue weighted by molar-refractivity contribution is 6.03. The second-order valence-electron chi connectivity index (χ2n) is 8.89. The van der Waals surface area contributed by atoms with Crippen molar-refractivity contribution in [1.29, 1.82) is 0 Å². The summed E-state index contributed by atoms with van der Waals surface area (Å²) in [6.07, 6.45) is 4.32. The highest BCUT2D eigenvalue weighted by Crippen LogP contribution is 2.27. The van der Waals surface area contributed by atoms with E-state index >= 15 is 0 Å². The molecule has 176 valence electrons. The quantitative estimate of drug-likeness (QED) is 0.554. The van der Waals surface area contributed by atoms with Crippen molar-refractivity contribution >= 4 is 12.0 Å². The Bertz CT molecular complexity index is 1120. The van der Waals surface area contributed by atoms with E-state index in [0.717, 1.165) is 36.3 Å². The molecular weight excluding hydrogens is 426 g/mol. The van der Waals surface area contributed by atoms with E-state index in [4.69, 9.17) is 5.73 Å². The first-order chi connectivity index (χ1) is 16.6. The lowest BCUT2D eigenvalue weighted by Crippen LogP contribution is -2.34. The van der Waals surface area contributed by atoms with Gasteiger partial charge in [-0.2, -0.15) is 0 Å². The molecule has 1 saturated heterocycles. The van der Waals surface area contributed by atoms with Crippen molar-refractivity contribution in [2.24, 2.45) is 10.7 Å². The molecule has 1 fully saturated rings. The van der Waals surface area contributed by atoms with Crippen LogP contribution in [0.2, 0.25) is 0 Å². The summed E-state index contributed by atoms with van der Waals surface area (Å²) in [6.45, 7) is 2.65. The van der Waals surface area contributed by atoms with E-state index in [1.165, 1.54) is 24.6 Å². The van der Waals surface area contributed by atoms with E-state index < -0.39 is 0 Å². The van der Waals surface area contributed by atoms with Crippen LogP contribution < -0.4 is 5.73 Å². The van der Waals surface area contributed by atoms with Crippen LogP contribution in [-0.2, 0) is 11.3 Å². The number of carbonyl (C=O) groups is 1. The maximum absolute atomic E-state index is 11.7. The molecule has 2 atom stereocenters. The molecule has 0 bridgehead atoms. The van der Waals surface area contributed by atoms with Crippen LogP contribution in [0, 0.1) is 11.8 Å². The van der Waals surface area contributed by atoms with Crippen LogP contribution in [-0.4, -0.2) is 52.8 Å². The van der Waals surface area contributed by atoms with Crippen molar-refractivity contribution in [3.05, 3.63) is 82.2 Å². The summed E-state index contributed by atoms with van der Waals surface area (Å²) in [4.78, 5) is 18.3. The van der Waals surface area contributed by atoms with E-state index in [1.54, 1.807) is 0 Å². The molecule has 4 N–H and O–H groups in total. The third-order valence-electron chi connectivity index (χ3n) is 6.57. The molecule has 0 spiro atoms. The Hall–Kier alpha value is -3.24. The van der Waals surface area contributed by atoms with Crippen molar-refractivity contribution in [2.45, 2.75) is 44.2 Å². The first kappa shape index (κ1) is 23.9. The molecule has 1 unspecified atom stereocenters. The van der Waals surface area contributed by atoms with Gasteiger partial charge < -0.3 is 15.9 Å². The van der Waals surface area contributed by atoms with Crippen LogP contribution >= 0.6 is 0 Å². The molecule has 0 saturated carbocycles. The van der Waals surface area contributed by atoms with Gasteiger partial charge in [-0.05, 0) is 54.8 Å². The second-order valence-corrected chi connectivity index (χ2v) is 8.89. The Kier molecular flexibility index (Phi) is 7.91. The molecule has 2 aliphatic rings. The van der Waals surface area contributed by atoms with Gasteiger partial charge in [0.05, 0.1) is 12.3 Å². The fourth-order valence-corrected chi connectivity index (χ4v) is 4.51. The molecule has 6 heteroatoms. The normalized spacial score (nSPS) is 19.2. The van der Waals surface area contributed by atoms with Gasteiger partial charge in [-0.15, -0.1) is 0 Å². The van der Waals surface area contributed by atoms with E-state index in [0.29, 0.717) is 18.2 Å². The largest absolute Gasteiger partial charge is 0.503 e. The Morgan fingerprint density at radius 3 is 2.41 bits per heavy atom. The number of aliphatic hydroxyl groups excluding tert-OH is 2. The van der Waals surface area contributed by atoms with Gasteiger partial charge in [0.2, 0.25) is 5.78 Å². The number of aliphatic imine (C=N–C) groups is 1. The Balaban J connectivity index is 1.38. The number of carbonyl (C=O) groups excluding carboxylic acids is 1.